The van der Waals surface area contributed by atoms with Crippen LogP contribution in [-0.2, 0) is 11.8 Å². The third kappa shape index (κ3) is 1.81. The molecule has 1 aliphatic heterocycles. The van der Waals surface area contributed by atoms with Crippen molar-refractivity contribution >= 4 is 28.6 Å². The van der Waals surface area contributed by atoms with Gasteiger partial charge in [0.15, 0.2) is 11.5 Å². The zero-order valence-electron chi connectivity index (χ0n) is 10.3. The predicted octanol–water partition coefficient (Wildman–Crippen LogP) is 1.24. The number of imidazole rings is 1. The number of morpholine rings is 1. The molecule has 96 valence electrons. The number of nitrogens with zero attached hydrogens (tertiary/aromatic N) is 5. The van der Waals surface area contributed by atoms with Gasteiger partial charge < -0.3 is 14.2 Å². The fourth-order valence-electron chi connectivity index (χ4n) is 2.25. The number of fused-ring (bicyclic) bond motifs is 1. The molecular formula is C11H14ClN5O. The molecule has 18 heavy (non-hydrogen) atoms. The summed E-state index contributed by atoms with van der Waals surface area (Å²) < 4.78 is 7.37. The van der Waals surface area contributed by atoms with E-state index in [0.29, 0.717) is 18.9 Å². The van der Waals surface area contributed by atoms with E-state index in [9.17, 15) is 0 Å². The molecule has 6 nitrogen and oxygen atoms in total. The average molecular weight is 268 g/mol. The molecular weight excluding hydrogens is 254 g/mol. The van der Waals surface area contributed by atoms with Crippen LogP contribution in [0.25, 0.3) is 11.2 Å². The van der Waals surface area contributed by atoms with Crippen molar-refractivity contribution in [1.29, 1.82) is 0 Å². The van der Waals surface area contributed by atoms with E-state index < -0.39 is 0 Å². The minimum absolute atomic E-state index is 0.231. The molecule has 0 aromatic carbocycles. The Labute approximate surface area is 110 Å². The Kier molecular flexibility index (Phi) is 2.83. The second kappa shape index (κ2) is 4.37. The zero-order valence-corrected chi connectivity index (χ0v) is 11.1. The lowest BCUT2D eigenvalue weighted by Crippen LogP contribution is -2.44. The molecule has 3 rings (SSSR count). The van der Waals surface area contributed by atoms with Crippen LogP contribution in [0, 0.1) is 0 Å². The molecule has 0 spiro atoms. The molecule has 0 bridgehead atoms. The molecule has 0 N–H and O–H groups in total. The van der Waals surface area contributed by atoms with Crippen molar-refractivity contribution in [1.82, 2.24) is 19.5 Å². The van der Waals surface area contributed by atoms with Gasteiger partial charge in [-0.05, 0) is 18.5 Å². The second-order valence-electron chi connectivity index (χ2n) is 4.46. The normalized spacial score (nSPS) is 20.6. The van der Waals surface area contributed by atoms with Crippen molar-refractivity contribution in [2.24, 2.45) is 7.05 Å². The van der Waals surface area contributed by atoms with Gasteiger partial charge in [0, 0.05) is 13.6 Å². The lowest BCUT2D eigenvalue weighted by atomic mass is 10.2. The van der Waals surface area contributed by atoms with Gasteiger partial charge >= 0.3 is 0 Å². The summed E-state index contributed by atoms with van der Waals surface area (Å²) in [5.74, 6) is 0.834. The largest absolute Gasteiger partial charge is 0.377 e. The van der Waals surface area contributed by atoms with E-state index in [4.69, 9.17) is 16.3 Å². The van der Waals surface area contributed by atoms with E-state index in [2.05, 4.69) is 26.8 Å². The van der Waals surface area contributed by atoms with Crippen molar-refractivity contribution in [3.05, 3.63) is 11.6 Å². The number of anilines is 1. The Morgan fingerprint density at radius 3 is 3.06 bits per heavy atom. The van der Waals surface area contributed by atoms with Crippen LogP contribution in [-0.4, -0.2) is 45.3 Å². The second-order valence-corrected chi connectivity index (χ2v) is 4.80. The van der Waals surface area contributed by atoms with Gasteiger partial charge in [0.1, 0.15) is 5.52 Å². The third-order valence-electron chi connectivity index (χ3n) is 3.17. The Bertz CT molecular complexity index is 584. The van der Waals surface area contributed by atoms with Crippen molar-refractivity contribution in [3.63, 3.8) is 0 Å². The van der Waals surface area contributed by atoms with Crippen molar-refractivity contribution in [3.8, 4) is 0 Å². The fourth-order valence-corrected chi connectivity index (χ4v) is 2.41. The molecule has 1 aliphatic rings. The summed E-state index contributed by atoms with van der Waals surface area (Å²) in [7, 11) is 1.93. The Balaban J connectivity index is 2.17. The number of aromatic nitrogens is 4. The summed E-state index contributed by atoms with van der Waals surface area (Å²) in [4.78, 5) is 14.9. The summed E-state index contributed by atoms with van der Waals surface area (Å²) in [6, 6.07) is 0.266. The van der Waals surface area contributed by atoms with Crippen molar-refractivity contribution in [2.45, 2.75) is 13.0 Å². The van der Waals surface area contributed by atoms with Crippen LogP contribution in [0.1, 0.15) is 6.92 Å². The van der Waals surface area contributed by atoms with Gasteiger partial charge in [-0.2, -0.15) is 9.97 Å². The lowest BCUT2D eigenvalue weighted by molar-refractivity contribution is 0.0986. The lowest BCUT2D eigenvalue weighted by Gasteiger charge is -2.34. The van der Waals surface area contributed by atoms with Crippen LogP contribution in [0.3, 0.4) is 0 Å². The Morgan fingerprint density at radius 1 is 1.44 bits per heavy atom. The minimum Gasteiger partial charge on any atom is -0.377 e. The van der Waals surface area contributed by atoms with Crippen molar-refractivity contribution in [2.75, 3.05) is 24.7 Å². The topological polar surface area (TPSA) is 56.1 Å². The number of halogens is 1. The summed E-state index contributed by atoms with van der Waals surface area (Å²) in [6.07, 6.45) is 1.73. The van der Waals surface area contributed by atoms with E-state index in [1.165, 1.54) is 0 Å². The van der Waals surface area contributed by atoms with Crippen LogP contribution in [0.2, 0.25) is 5.28 Å². The monoisotopic (exact) mass is 267 g/mol. The Morgan fingerprint density at radius 2 is 2.28 bits per heavy atom. The number of rotatable bonds is 1. The molecule has 0 radical (unpaired) electrons. The summed E-state index contributed by atoms with van der Waals surface area (Å²) in [5.41, 5.74) is 1.54. The van der Waals surface area contributed by atoms with Crippen LogP contribution in [0.4, 0.5) is 5.82 Å². The molecule has 0 saturated carbocycles. The van der Waals surface area contributed by atoms with Crippen LogP contribution >= 0.6 is 11.6 Å². The van der Waals surface area contributed by atoms with E-state index in [1.54, 1.807) is 6.33 Å². The highest BCUT2D eigenvalue weighted by Crippen LogP contribution is 2.26. The molecule has 0 unspecified atom stereocenters. The number of hydrogen-bond acceptors (Lipinski definition) is 5. The highest BCUT2D eigenvalue weighted by Gasteiger charge is 2.24. The van der Waals surface area contributed by atoms with E-state index in [-0.39, 0.29) is 11.3 Å². The molecule has 7 heteroatoms. The quantitative estimate of drug-likeness (QED) is 0.728. The maximum Gasteiger partial charge on any atom is 0.226 e. The first kappa shape index (κ1) is 11.7. The fraction of sp³-hybridized carbons (Fsp3) is 0.545. The molecule has 1 fully saturated rings. The van der Waals surface area contributed by atoms with Gasteiger partial charge in [0.05, 0.1) is 25.6 Å². The summed E-state index contributed by atoms with van der Waals surface area (Å²) in [6.45, 7) is 4.30. The van der Waals surface area contributed by atoms with E-state index >= 15 is 0 Å². The van der Waals surface area contributed by atoms with Gasteiger partial charge in [0.25, 0.3) is 0 Å². The van der Waals surface area contributed by atoms with Gasteiger partial charge in [0.2, 0.25) is 5.28 Å². The Hall–Kier alpha value is -1.40. The maximum atomic E-state index is 5.97. The maximum absolute atomic E-state index is 5.97. The highest BCUT2D eigenvalue weighted by molar-refractivity contribution is 6.28. The number of aryl methyl sites for hydroxylation is 1. The molecule has 3 heterocycles. The SMILES string of the molecule is C[C@H]1COCCN1c1nc(Cl)nc2ncn(C)c12. The van der Waals surface area contributed by atoms with Gasteiger partial charge in [-0.3, -0.25) is 0 Å². The van der Waals surface area contributed by atoms with Gasteiger partial charge in [-0.1, -0.05) is 0 Å². The van der Waals surface area contributed by atoms with Crippen LogP contribution in [0.5, 0.6) is 0 Å². The van der Waals surface area contributed by atoms with Crippen molar-refractivity contribution < 1.29 is 4.74 Å². The van der Waals surface area contributed by atoms with Gasteiger partial charge in [-0.15, -0.1) is 0 Å². The number of hydrogen-bond donors (Lipinski definition) is 0. The molecule has 1 atom stereocenters. The summed E-state index contributed by atoms with van der Waals surface area (Å²) >= 11 is 5.97. The third-order valence-corrected chi connectivity index (χ3v) is 3.33. The highest BCUT2D eigenvalue weighted by atomic mass is 35.5. The average Bonchev–Trinajstić information content (AvgIpc) is 2.71. The molecule has 0 amide bonds. The van der Waals surface area contributed by atoms with Gasteiger partial charge in [-0.25, -0.2) is 4.98 Å². The molecule has 2 aromatic rings. The van der Waals surface area contributed by atoms with Crippen LogP contribution in [0.15, 0.2) is 6.33 Å². The zero-order chi connectivity index (χ0) is 12.7. The molecule has 1 saturated heterocycles. The predicted molar refractivity (Wildman–Crippen MR) is 68.9 cm³/mol. The minimum atomic E-state index is 0.231. The first-order chi connectivity index (χ1) is 8.66. The molecule has 0 aliphatic carbocycles. The van der Waals surface area contributed by atoms with E-state index in [0.717, 1.165) is 17.9 Å². The smallest absolute Gasteiger partial charge is 0.226 e. The van der Waals surface area contributed by atoms with E-state index in [1.807, 2.05) is 11.6 Å². The first-order valence-corrected chi connectivity index (χ1v) is 6.23. The standard InChI is InChI=1S/C11H14ClN5O/c1-7-5-18-4-3-17(7)10-8-9(13-6-16(8)2)14-11(12)15-10/h6-7H,3-5H2,1-2H3/t7-/m0/s1. The first-order valence-electron chi connectivity index (χ1n) is 5.86. The number of ether oxygens (including phenoxy) is 1. The summed E-state index contributed by atoms with van der Waals surface area (Å²) in [5, 5.41) is 0.231. The molecule has 2 aromatic heterocycles. The van der Waals surface area contributed by atoms with Crippen LogP contribution < -0.4 is 4.90 Å².